The summed E-state index contributed by atoms with van der Waals surface area (Å²) in [6.07, 6.45) is 0. The molecule has 0 fully saturated rings. The van der Waals surface area contributed by atoms with Crippen molar-refractivity contribution in [3.8, 4) is 0 Å². The van der Waals surface area contributed by atoms with Crippen molar-refractivity contribution in [2.75, 3.05) is 11.9 Å². The van der Waals surface area contributed by atoms with Gasteiger partial charge in [-0.3, -0.25) is 4.79 Å². The van der Waals surface area contributed by atoms with Crippen LogP contribution in [0.1, 0.15) is 17.3 Å². The summed E-state index contributed by atoms with van der Waals surface area (Å²) in [5.41, 5.74) is 1.25. The zero-order valence-corrected chi connectivity index (χ0v) is 10.5. The third-order valence-electron chi connectivity index (χ3n) is 3.24. The zero-order valence-electron chi connectivity index (χ0n) is 10.5. The van der Waals surface area contributed by atoms with Gasteiger partial charge in [0.1, 0.15) is 0 Å². The zero-order chi connectivity index (χ0) is 13.4. The van der Waals surface area contributed by atoms with Gasteiger partial charge in [0.05, 0.1) is 6.61 Å². The van der Waals surface area contributed by atoms with Crippen LogP contribution in [0.4, 0.5) is 5.69 Å². The normalized spacial score (nSPS) is 17.1. The van der Waals surface area contributed by atoms with Gasteiger partial charge in [-0.1, -0.05) is 24.3 Å². The molecule has 1 unspecified atom stereocenters. The van der Waals surface area contributed by atoms with Crippen molar-refractivity contribution in [2.24, 2.45) is 0 Å². The van der Waals surface area contributed by atoms with Crippen LogP contribution in [-0.2, 0) is 9.53 Å². The fourth-order valence-electron chi connectivity index (χ4n) is 2.33. The number of hydrogen-bond donors (Lipinski definition) is 1. The SMILES string of the molecule is CCOC(=O)C1Nc2cc3ccccc3cc2C1=O. The number of carbonyl (C=O) groups excluding carboxylic acids is 2. The smallest absolute Gasteiger partial charge is 0.336 e. The number of carbonyl (C=O) groups is 2. The Morgan fingerprint density at radius 2 is 1.95 bits per heavy atom. The molecule has 1 aliphatic heterocycles. The topological polar surface area (TPSA) is 55.4 Å². The number of esters is 1. The first-order chi connectivity index (χ1) is 9.20. The van der Waals surface area contributed by atoms with Crippen LogP contribution in [0.25, 0.3) is 10.8 Å². The van der Waals surface area contributed by atoms with Crippen molar-refractivity contribution in [2.45, 2.75) is 13.0 Å². The van der Waals surface area contributed by atoms with E-state index in [9.17, 15) is 9.59 Å². The van der Waals surface area contributed by atoms with Gasteiger partial charge < -0.3 is 10.1 Å². The predicted molar refractivity (Wildman–Crippen MR) is 72.3 cm³/mol. The Morgan fingerprint density at radius 1 is 1.26 bits per heavy atom. The van der Waals surface area contributed by atoms with Gasteiger partial charge >= 0.3 is 5.97 Å². The molecule has 1 N–H and O–H groups in total. The molecule has 0 aromatic heterocycles. The Kier molecular flexibility index (Phi) is 2.71. The molecule has 3 rings (SSSR count). The molecule has 0 radical (unpaired) electrons. The monoisotopic (exact) mass is 255 g/mol. The lowest BCUT2D eigenvalue weighted by Gasteiger charge is -2.08. The van der Waals surface area contributed by atoms with Gasteiger partial charge in [0.2, 0.25) is 0 Å². The molecule has 96 valence electrons. The minimum Gasteiger partial charge on any atom is -0.464 e. The van der Waals surface area contributed by atoms with E-state index in [1.54, 1.807) is 6.92 Å². The van der Waals surface area contributed by atoms with Gasteiger partial charge in [-0.25, -0.2) is 4.79 Å². The van der Waals surface area contributed by atoms with Crippen LogP contribution in [0.15, 0.2) is 36.4 Å². The quantitative estimate of drug-likeness (QED) is 0.661. The highest BCUT2D eigenvalue weighted by Gasteiger charge is 2.36. The Labute approximate surface area is 110 Å². The van der Waals surface area contributed by atoms with Crippen molar-refractivity contribution < 1.29 is 14.3 Å². The minimum atomic E-state index is -0.910. The summed E-state index contributed by atoms with van der Waals surface area (Å²) in [5.74, 6) is -0.744. The van der Waals surface area contributed by atoms with Gasteiger partial charge in [-0.2, -0.15) is 0 Å². The highest BCUT2D eigenvalue weighted by atomic mass is 16.5. The third-order valence-corrected chi connectivity index (χ3v) is 3.24. The number of nitrogens with one attached hydrogen (secondary N) is 1. The van der Waals surface area contributed by atoms with Crippen LogP contribution in [0.3, 0.4) is 0 Å². The summed E-state index contributed by atoms with van der Waals surface area (Å²) in [6.45, 7) is 1.99. The second-order valence-corrected chi connectivity index (χ2v) is 4.44. The average molecular weight is 255 g/mol. The highest BCUT2D eigenvalue weighted by molar-refractivity contribution is 6.21. The van der Waals surface area contributed by atoms with Crippen LogP contribution in [0, 0.1) is 0 Å². The Morgan fingerprint density at radius 3 is 2.63 bits per heavy atom. The van der Waals surface area contributed by atoms with Gasteiger partial charge in [-0.05, 0) is 29.8 Å². The van der Waals surface area contributed by atoms with Crippen LogP contribution in [0.5, 0.6) is 0 Å². The summed E-state index contributed by atoms with van der Waals surface area (Å²) in [4.78, 5) is 23.9. The Bertz CT molecular complexity index is 678. The highest BCUT2D eigenvalue weighted by Crippen LogP contribution is 2.31. The average Bonchev–Trinajstić information content (AvgIpc) is 2.74. The summed E-state index contributed by atoms with van der Waals surface area (Å²) >= 11 is 0. The molecule has 0 saturated heterocycles. The number of ether oxygens (including phenoxy) is 1. The van der Waals surface area contributed by atoms with Crippen LogP contribution in [-0.4, -0.2) is 24.4 Å². The van der Waals surface area contributed by atoms with E-state index in [2.05, 4.69) is 5.32 Å². The van der Waals surface area contributed by atoms with E-state index < -0.39 is 12.0 Å². The van der Waals surface area contributed by atoms with E-state index in [-0.39, 0.29) is 12.4 Å². The van der Waals surface area contributed by atoms with Gasteiger partial charge in [0, 0.05) is 11.3 Å². The minimum absolute atomic E-state index is 0.223. The van der Waals surface area contributed by atoms with E-state index in [0.29, 0.717) is 11.3 Å². The van der Waals surface area contributed by atoms with Crippen molar-refractivity contribution in [3.63, 3.8) is 0 Å². The molecule has 2 aromatic rings. The molecule has 0 bridgehead atoms. The second-order valence-electron chi connectivity index (χ2n) is 4.44. The molecular weight excluding hydrogens is 242 g/mol. The number of rotatable bonds is 2. The summed E-state index contributed by atoms with van der Waals surface area (Å²) < 4.78 is 4.90. The molecule has 1 heterocycles. The summed E-state index contributed by atoms with van der Waals surface area (Å²) in [5, 5.41) is 4.96. The van der Waals surface area contributed by atoms with E-state index >= 15 is 0 Å². The molecule has 4 nitrogen and oxygen atoms in total. The molecule has 2 aromatic carbocycles. The maximum Gasteiger partial charge on any atom is 0.336 e. The number of anilines is 1. The van der Waals surface area contributed by atoms with Crippen molar-refractivity contribution in [1.29, 1.82) is 0 Å². The molecule has 1 atom stereocenters. The second kappa shape index (κ2) is 4.39. The summed E-state index contributed by atoms with van der Waals surface area (Å²) in [6, 6.07) is 10.6. The first-order valence-electron chi connectivity index (χ1n) is 6.21. The largest absolute Gasteiger partial charge is 0.464 e. The van der Waals surface area contributed by atoms with E-state index in [1.165, 1.54) is 0 Å². The first kappa shape index (κ1) is 11.7. The van der Waals surface area contributed by atoms with Crippen LogP contribution < -0.4 is 5.32 Å². The number of hydrogen-bond acceptors (Lipinski definition) is 4. The summed E-state index contributed by atoms with van der Waals surface area (Å²) in [7, 11) is 0. The molecule has 1 aliphatic rings. The Hall–Kier alpha value is -2.36. The third kappa shape index (κ3) is 1.85. The van der Waals surface area contributed by atoms with Gasteiger partial charge in [-0.15, -0.1) is 0 Å². The maximum absolute atomic E-state index is 12.2. The van der Waals surface area contributed by atoms with E-state index in [0.717, 1.165) is 10.8 Å². The lowest BCUT2D eigenvalue weighted by molar-refractivity contribution is -0.142. The molecule has 0 spiro atoms. The molecule has 19 heavy (non-hydrogen) atoms. The van der Waals surface area contributed by atoms with E-state index in [4.69, 9.17) is 4.74 Å². The van der Waals surface area contributed by atoms with Crippen LogP contribution >= 0.6 is 0 Å². The fourth-order valence-corrected chi connectivity index (χ4v) is 2.33. The molecule has 0 amide bonds. The standard InChI is InChI=1S/C15H13NO3/c1-2-19-15(18)13-14(17)11-7-9-5-3-4-6-10(9)8-12(11)16-13/h3-8,13,16H,2H2,1H3. The lowest BCUT2D eigenvalue weighted by Crippen LogP contribution is -2.33. The lowest BCUT2D eigenvalue weighted by atomic mass is 10.0. The first-order valence-corrected chi connectivity index (χ1v) is 6.21. The van der Waals surface area contributed by atoms with Crippen molar-refractivity contribution >= 4 is 28.2 Å². The number of Topliss-reactive ketones (excluding diaryl/α,β-unsaturated/α-hetero) is 1. The van der Waals surface area contributed by atoms with Crippen molar-refractivity contribution in [3.05, 3.63) is 42.0 Å². The van der Waals surface area contributed by atoms with Gasteiger partial charge in [0.15, 0.2) is 11.8 Å². The molecule has 4 heteroatoms. The fraction of sp³-hybridized carbons (Fsp3) is 0.200. The molecule has 0 saturated carbocycles. The molecule has 0 aliphatic carbocycles. The van der Waals surface area contributed by atoms with E-state index in [1.807, 2.05) is 36.4 Å². The number of fused-ring (bicyclic) bond motifs is 2. The predicted octanol–water partition coefficient (Wildman–Crippen LogP) is 2.38. The maximum atomic E-state index is 12.2. The van der Waals surface area contributed by atoms with Crippen molar-refractivity contribution in [1.82, 2.24) is 0 Å². The van der Waals surface area contributed by atoms with Crippen LogP contribution in [0.2, 0.25) is 0 Å². The number of benzene rings is 2. The van der Waals surface area contributed by atoms with Gasteiger partial charge in [0.25, 0.3) is 0 Å². The number of ketones is 1. The Balaban J connectivity index is 2.03. The molecular formula is C15H13NO3.